The van der Waals surface area contributed by atoms with Gasteiger partial charge in [0.1, 0.15) is 16.5 Å². The highest BCUT2D eigenvalue weighted by Gasteiger charge is 2.19. The third kappa shape index (κ3) is 4.40. The Kier molecular flexibility index (Phi) is 6.04. The molecule has 0 unspecified atom stereocenters. The number of aromatic nitrogens is 3. The summed E-state index contributed by atoms with van der Waals surface area (Å²) in [6.07, 6.45) is 4.85. The van der Waals surface area contributed by atoms with Crippen molar-refractivity contribution in [1.29, 1.82) is 0 Å². The number of hydrogen-bond donors (Lipinski definition) is 0. The molecule has 0 radical (unpaired) electrons. The van der Waals surface area contributed by atoms with Crippen LogP contribution in [0.2, 0.25) is 10.0 Å². The third-order valence-corrected chi connectivity index (χ3v) is 7.82. The SMILES string of the molecule is CS(=O)(=O)c1cccc(-c2ccc(-n3cc(-c4nccs4)nc3-c3c(Cl)cccc3Cl)cc2)c1. The zero-order valence-electron chi connectivity index (χ0n) is 17.8. The van der Waals surface area contributed by atoms with E-state index in [4.69, 9.17) is 28.2 Å². The molecule has 0 N–H and O–H groups in total. The monoisotopic (exact) mass is 525 g/mol. The Morgan fingerprint density at radius 2 is 1.62 bits per heavy atom. The molecule has 0 amide bonds. The Bertz CT molecular complexity index is 1570. The first kappa shape index (κ1) is 22.8. The Morgan fingerprint density at radius 3 is 2.26 bits per heavy atom. The summed E-state index contributed by atoms with van der Waals surface area (Å²) >= 11 is 14.5. The van der Waals surface area contributed by atoms with Gasteiger partial charge in [0.25, 0.3) is 0 Å². The average molecular weight is 526 g/mol. The van der Waals surface area contributed by atoms with Crippen molar-refractivity contribution in [1.82, 2.24) is 14.5 Å². The number of benzene rings is 3. The molecule has 0 atom stereocenters. The molecule has 0 saturated heterocycles. The minimum absolute atomic E-state index is 0.285. The quantitative estimate of drug-likeness (QED) is 0.246. The molecule has 5 aromatic rings. The summed E-state index contributed by atoms with van der Waals surface area (Å²) in [7, 11) is -3.29. The normalized spacial score (nSPS) is 11.6. The molecule has 2 heterocycles. The van der Waals surface area contributed by atoms with Crippen molar-refractivity contribution in [2.45, 2.75) is 4.90 Å². The molecule has 5 rings (SSSR count). The van der Waals surface area contributed by atoms with Crippen molar-refractivity contribution in [3.8, 4) is 38.9 Å². The van der Waals surface area contributed by atoms with E-state index >= 15 is 0 Å². The van der Waals surface area contributed by atoms with Crippen LogP contribution in [0.25, 0.3) is 38.9 Å². The highest BCUT2D eigenvalue weighted by molar-refractivity contribution is 7.90. The summed E-state index contributed by atoms with van der Waals surface area (Å²) in [5.74, 6) is 0.604. The Balaban J connectivity index is 1.62. The van der Waals surface area contributed by atoms with E-state index in [1.54, 1.807) is 42.6 Å². The number of halogens is 2. The molecule has 0 bridgehead atoms. The largest absolute Gasteiger partial charge is 0.299 e. The first-order chi connectivity index (χ1) is 16.3. The highest BCUT2D eigenvalue weighted by Crippen LogP contribution is 2.37. The molecule has 2 aromatic heterocycles. The Morgan fingerprint density at radius 1 is 0.912 bits per heavy atom. The smallest absolute Gasteiger partial charge is 0.175 e. The number of thiazole rings is 1. The highest BCUT2D eigenvalue weighted by atomic mass is 35.5. The predicted octanol–water partition coefficient (Wildman–Crippen LogP) is 7.04. The van der Waals surface area contributed by atoms with Crippen LogP contribution in [0.15, 0.2) is 89.4 Å². The van der Waals surface area contributed by atoms with Crippen LogP contribution in [0.5, 0.6) is 0 Å². The van der Waals surface area contributed by atoms with Gasteiger partial charge in [-0.1, -0.05) is 53.5 Å². The standard InChI is InChI=1S/C25H17Cl2N3O2S2/c1-34(31,32)19-5-2-4-17(14-19)16-8-10-18(11-9-16)30-15-22(25-28-12-13-33-25)29-24(30)23-20(26)6-3-7-21(23)27/h2-15H,1H3. The van der Waals surface area contributed by atoms with Gasteiger partial charge in [-0.15, -0.1) is 11.3 Å². The van der Waals surface area contributed by atoms with Crippen LogP contribution >= 0.6 is 34.5 Å². The molecule has 0 saturated carbocycles. The van der Waals surface area contributed by atoms with Crippen molar-refractivity contribution in [3.05, 3.63) is 94.5 Å². The van der Waals surface area contributed by atoms with E-state index in [0.29, 0.717) is 27.1 Å². The summed E-state index contributed by atoms with van der Waals surface area (Å²) < 4.78 is 25.8. The molecular formula is C25H17Cl2N3O2S2. The van der Waals surface area contributed by atoms with Crippen LogP contribution in [-0.4, -0.2) is 29.2 Å². The van der Waals surface area contributed by atoms with Crippen LogP contribution < -0.4 is 0 Å². The minimum Gasteiger partial charge on any atom is -0.299 e. The van der Waals surface area contributed by atoms with Gasteiger partial charge < -0.3 is 0 Å². The lowest BCUT2D eigenvalue weighted by molar-refractivity contribution is 0.602. The van der Waals surface area contributed by atoms with Gasteiger partial charge in [-0.2, -0.15) is 0 Å². The first-order valence-electron chi connectivity index (χ1n) is 10.2. The lowest BCUT2D eigenvalue weighted by Crippen LogP contribution is -1.98. The predicted molar refractivity (Wildman–Crippen MR) is 139 cm³/mol. The van der Waals surface area contributed by atoms with E-state index in [0.717, 1.165) is 21.8 Å². The molecule has 170 valence electrons. The minimum atomic E-state index is -3.29. The van der Waals surface area contributed by atoms with Gasteiger partial charge >= 0.3 is 0 Å². The molecule has 0 aliphatic carbocycles. The maximum Gasteiger partial charge on any atom is 0.175 e. The summed E-state index contributed by atoms with van der Waals surface area (Å²) in [5, 5.41) is 3.69. The molecule has 3 aromatic carbocycles. The molecule has 5 nitrogen and oxygen atoms in total. The topological polar surface area (TPSA) is 64.8 Å². The van der Waals surface area contributed by atoms with Gasteiger partial charge in [0.2, 0.25) is 0 Å². The van der Waals surface area contributed by atoms with E-state index < -0.39 is 9.84 Å². The van der Waals surface area contributed by atoms with Crippen molar-refractivity contribution < 1.29 is 8.42 Å². The van der Waals surface area contributed by atoms with Crippen LogP contribution in [0, 0.1) is 0 Å². The van der Waals surface area contributed by atoms with E-state index in [2.05, 4.69) is 4.98 Å². The second kappa shape index (κ2) is 9.00. The molecule has 34 heavy (non-hydrogen) atoms. The summed E-state index contributed by atoms with van der Waals surface area (Å²) in [5.41, 5.74) is 3.92. The zero-order valence-corrected chi connectivity index (χ0v) is 21.0. The molecule has 0 fully saturated rings. The summed E-state index contributed by atoms with van der Waals surface area (Å²) in [4.78, 5) is 9.48. The van der Waals surface area contributed by atoms with E-state index in [1.807, 2.05) is 46.5 Å². The van der Waals surface area contributed by atoms with Crippen molar-refractivity contribution in [2.24, 2.45) is 0 Å². The second-order valence-corrected chi connectivity index (χ2v) is 11.3. The molecular weight excluding hydrogens is 509 g/mol. The third-order valence-electron chi connectivity index (χ3n) is 5.28. The van der Waals surface area contributed by atoms with Gasteiger partial charge in [-0.05, 0) is 47.5 Å². The van der Waals surface area contributed by atoms with Crippen LogP contribution in [0.4, 0.5) is 0 Å². The van der Waals surface area contributed by atoms with Gasteiger partial charge in [-0.3, -0.25) is 4.57 Å². The Hall–Kier alpha value is -2.97. The maximum absolute atomic E-state index is 11.9. The van der Waals surface area contributed by atoms with Gasteiger partial charge in [0, 0.05) is 29.7 Å². The fraction of sp³-hybridized carbons (Fsp3) is 0.0400. The number of rotatable bonds is 5. The first-order valence-corrected chi connectivity index (χ1v) is 13.7. The zero-order chi connectivity index (χ0) is 23.9. The second-order valence-electron chi connectivity index (χ2n) is 7.60. The van der Waals surface area contributed by atoms with Crippen LogP contribution in [0.3, 0.4) is 0 Å². The van der Waals surface area contributed by atoms with Crippen molar-refractivity contribution >= 4 is 44.4 Å². The van der Waals surface area contributed by atoms with E-state index in [9.17, 15) is 8.42 Å². The van der Waals surface area contributed by atoms with Crippen LogP contribution in [-0.2, 0) is 9.84 Å². The maximum atomic E-state index is 11.9. The molecule has 0 spiro atoms. The van der Waals surface area contributed by atoms with Crippen molar-refractivity contribution in [2.75, 3.05) is 6.26 Å². The fourth-order valence-electron chi connectivity index (χ4n) is 3.64. The summed E-state index contributed by atoms with van der Waals surface area (Å²) in [6, 6.07) is 20.0. The Labute approximate surface area is 211 Å². The molecule has 9 heteroatoms. The average Bonchev–Trinajstić information content (AvgIpc) is 3.49. The fourth-order valence-corrected chi connectivity index (χ4v) is 5.46. The number of nitrogens with zero attached hydrogens (tertiary/aromatic N) is 3. The van der Waals surface area contributed by atoms with Gasteiger partial charge in [0.15, 0.2) is 9.84 Å². The van der Waals surface area contributed by atoms with Gasteiger partial charge in [0.05, 0.1) is 20.5 Å². The van der Waals surface area contributed by atoms with E-state index in [1.165, 1.54) is 17.6 Å². The van der Waals surface area contributed by atoms with E-state index in [-0.39, 0.29) is 4.90 Å². The van der Waals surface area contributed by atoms with Crippen molar-refractivity contribution in [3.63, 3.8) is 0 Å². The van der Waals surface area contributed by atoms with Crippen LogP contribution in [0.1, 0.15) is 0 Å². The molecule has 0 aliphatic heterocycles. The number of imidazole rings is 1. The lowest BCUT2D eigenvalue weighted by Gasteiger charge is -2.11. The number of hydrogen-bond acceptors (Lipinski definition) is 5. The molecule has 0 aliphatic rings. The van der Waals surface area contributed by atoms with Gasteiger partial charge in [-0.25, -0.2) is 18.4 Å². The summed E-state index contributed by atoms with van der Waals surface area (Å²) in [6.45, 7) is 0. The number of sulfone groups is 1. The lowest BCUT2D eigenvalue weighted by atomic mass is 10.1.